The van der Waals surface area contributed by atoms with Crippen molar-refractivity contribution in [1.29, 1.82) is 0 Å². The molecule has 0 bridgehead atoms. The first-order valence-corrected chi connectivity index (χ1v) is 7.50. The molecule has 0 heterocycles. The predicted molar refractivity (Wildman–Crippen MR) is 70.9 cm³/mol. The van der Waals surface area contributed by atoms with E-state index in [1.54, 1.807) is 9.86 Å². The Labute approximate surface area is 112 Å². The molecular formula is C16H20V. The van der Waals surface area contributed by atoms with Crippen LogP contribution < -0.4 is 4.28 Å². The third kappa shape index (κ3) is 2.17. The third-order valence-electron chi connectivity index (χ3n) is 4.01. The van der Waals surface area contributed by atoms with Crippen LogP contribution in [0.3, 0.4) is 0 Å². The Morgan fingerprint density at radius 1 is 0.882 bits per heavy atom. The molecule has 0 atom stereocenters. The normalized spacial score (nSPS) is 18.9. The fraction of sp³-hybridized carbons (Fsp3) is 0.375. The Hall–Kier alpha value is -0.716. The molecule has 0 aliphatic heterocycles. The van der Waals surface area contributed by atoms with E-state index >= 15 is 0 Å². The molecule has 2 rings (SSSR count). The first-order valence-electron chi connectivity index (χ1n) is 6.11. The number of allylic oxidation sites excluding steroid dienone is 4. The second-order valence-corrected chi connectivity index (χ2v) is 7.15. The van der Waals surface area contributed by atoms with Gasteiger partial charge in [0, 0.05) is 0 Å². The summed E-state index contributed by atoms with van der Waals surface area (Å²) in [5.74, 6) is 0. The summed E-state index contributed by atoms with van der Waals surface area (Å²) in [7, 11) is 0. The molecule has 0 N–H and O–H groups in total. The van der Waals surface area contributed by atoms with Gasteiger partial charge in [-0.25, -0.2) is 0 Å². The van der Waals surface area contributed by atoms with Crippen molar-refractivity contribution in [2.75, 3.05) is 0 Å². The van der Waals surface area contributed by atoms with Gasteiger partial charge in [-0.15, -0.1) is 0 Å². The second-order valence-electron chi connectivity index (χ2n) is 5.30. The van der Waals surface area contributed by atoms with Gasteiger partial charge in [-0.05, 0) is 0 Å². The van der Waals surface area contributed by atoms with Crippen molar-refractivity contribution in [3.05, 3.63) is 51.3 Å². The number of hydrogen-bond donors (Lipinski definition) is 0. The zero-order chi connectivity index (χ0) is 12.6. The maximum atomic E-state index is 2.37. The van der Waals surface area contributed by atoms with E-state index in [4.69, 9.17) is 0 Å². The molecule has 0 fully saturated rings. The molecule has 0 unspecified atom stereocenters. The van der Waals surface area contributed by atoms with Crippen molar-refractivity contribution in [3.63, 3.8) is 0 Å². The molecule has 0 aromatic heterocycles. The van der Waals surface area contributed by atoms with E-state index in [0.717, 1.165) is 0 Å². The van der Waals surface area contributed by atoms with Crippen LogP contribution in [0.5, 0.6) is 0 Å². The molecule has 1 aromatic rings. The molecule has 1 aliphatic rings. The maximum absolute atomic E-state index is 2.37. The van der Waals surface area contributed by atoms with Gasteiger partial charge in [0.05, 0.1) is 0 Å². The Balaban J connectivity index is 2.36. The summed E-state index contributed by atoms with van der Waals surface area (Å²) in [6.45, 7) is 11.6. The zero-order valence-electron chi connectivity index (χ0n) is 11.3. The molecule has 0 radical (unpaired) electrons. The van der Waals surface area contributed by atoms with Crippen LogP contribution in [-0.2, 0) is 16.3 Å². The van der Waals surface area contributed by atoms with E-state index in [1.165, 1.54) is 15.4 Å². The number of rotatable bonds is 2. The van der Waals surface area contributed by atoms with Gasteiger partial charge < -0.3 is 0 Å². The summed E-state index contributed by atoms with van der Waals surface area (Å²) >= 11 is 0.140. The van der Waals surface area contributed by atoms with Crippen LogP contribution in [-0.4, -0.2) is 0 Å². The van der Waals surface area contributed by atoms with Gasteiger partial charge in [0.15, 0.2) is 0 Å². The first-order chi connectivity index (χ1) is 7.94. The van der Waals surface area contributed by atoms with Crippen LogP contribution in [0.15, 0.2) is 51.3 Å². The van der Waals surface area contributed by atoms with Crippen molar-refractivity contribution >= 4 is 4.28 Å². The van der Waals surface area contributed by atoms with Gasteiger partial charge in [-0.2, -0.15) is 0 Å². The van der Waals surface area contributed by atoms with Crippen LogP contribution in [0.25, 0.3) is 0 Å². The van der Waals surface area contributed by atoms with Crippen LogP contribution in [0.4, 0.5) is 0 Å². The monoisotopic (exact) mass is 263 g/mol. The van der Waals surface area contributed by atoms with E-state index in [2.05, 4.69) is 65.0 Å². The molecule has 0 spiro atoms. The van der Waals surface area contributed by atoms with Crippen molar-refractivity contribution in [3.8, 4) is 0 Å². The average Bonchev–Trinajstić information content (AvgIpc) is 2.46. The molecule has 1 aromatic carbocycles. The molecule has 89 valence electrons. The van der Waals surface area contributed by atoms with Gasteiger partial charge in [-0.3, -0.25) is 0 Å². The minimum atomic E-state index is 0.140. The van der Waals surface area contributed by atoms with Crippen LogP contribution in [0.2, 0.25) is 0 Å². The van der Waals surface area contributed by atoms with Crippen molar-refractivity contribution in [2.24, 2.45) is 5.41 Å². The zero-order valence-corrected chi connectivity index (χ0v) is 12.7. The predicted octanol–water partition coefficient (Wildman–Crippen LogP) is 4.04. The molecule has 1 aliphatic carbocycles. The Kier molecular flexibility index (Phi) is 3.38. The van der Waals surface area contributed by atoms with Gasteiger partial charge >= 0.3 is 112 Å². The first kappa shape index (κ1) is 12.7. The third-order valence-corrected chi connectivity index (χ3v) is 6.62. The van der Waals surface area contributed by atoms with Crippen molar-refractivity contribution < 1.29 is 16.3 Å². The molecule has 0 saturated heterocycles. The molecule has 0 nitrogen and oxygen atoms in total. The molecule has 0 saturated carbocycles. The SMILES string of the molecule is CC1=C(C)C(C)(C)[C]([V][c]2ccccc2)=C1C. The van der Waals surface area contributed by atoms with Crippen LogP contribution in [0.1, 0.15) is 34.6 Å². The summed E-state index contributed by atoms with van der Waals surface area (Å²) in [6, 6.07) is 10.9. The molecule has 17 heavy (non-hydrogen) atoms. The summed E-state index contributed by atoms with van der Waals surface area (Å²) in [5, 5.41) is 0. The van der Waals surface area contributed by atoms with Crippen LogP contribution >= 0.6 is 0 Å². The van der Waals surface area contributed by atoms with Gasteiger partial charge in [-0.1, -0.05) is 0 Å². The number of benzene rings is 1. The van der Waals surface area contributed by atoms with E-state index < -0.39 is 0 Å². The van der Waals surface area contributed by atoms with Crippen molar-refractivity contribution in [2.45, 2.75) is 34.6 Å². The van der Waals surface area contributed by atoms with Gasteiger partial charge in [0.25, 0.3) is 0 Å². The quantitative estimate of drug-likeness (QED) is 0.755. The van der Waals surface area contributed by atoms with Crippen molar-refractivity contribution in [1.82, 2.24) is 0 Å². The minimum absolute atomic E-state index is 0.140. The van der Waals surface area contributed by atoms with Gasteiger partial charge in [0.2, 0.25) is 0 Å². The molecular weight excluding hydrogens is 243 g/mol. The second kappa shape index (κ2) is 4.51. The Bertz CT molecular complexity index is 490. The standard InChI is InChI=1S/C10H15.C6H5.V/c1-7-6-10(4,5)9(3)8(7)2;1-2-4-6-5-3-1;/h1-5H3;1-5H;. The van der Waals surface area contributed by atoms with E-state index in [0.29, 0.717) is 0 Å². The topological polar surface area (TPSA) is 0 Å². The fourth-order valence-corrected chi connectivity index (χ4v) is 4.56. The van der Waals surface area contributed by atoms with E-state index in [1.807, 2.05) is 0 Å². The average molecular weight is 263 g/mol. The Morgan fingerprint density at radius 2 is 1.47 bits per heavy atom. The van der Waals surface area contributed by atoms with Gasteiger partial charge in [0.1, 0.15) is 0 Å². The Morgan fingerprint density at radius 3 is 1.94 bits per heavy atom. The summed E-state index contributed by atoms with van der Waals surface area (Å²) in [4.78, 5) is 0. The summed E-state index contributed by atoms with van der Waals surface area (Å²) in [5.41, 5.74) is 4.87. The van der Waals surface area contributed by atoms with E-state index in [-0.39, 0.29) is 21.7 Å². The summed E-state index contributed by atoms with van der Waals surface area (Å²) < 4.78 is 3.18. The van der Waals surface area contributed by atoms with Crippen LogP contribution in [0, 0.1) is 5.41 Å². The number of hydrogen-bond acceptors (Lipinski definition) is 0. The van der Waals surface area contributed by atoms with E-state index in [9.17, 15) is 0 Å². The molecule has 0 amide bonds. The fourth-order valence-electron chi connectivity index (χ4n) is 2.43. The molecule has 1 heteroatoms. The summed E-state index contributed by atoms with van der Waals surface area (Å²) in [6.07, 6.45) is 0.